The highest BCUT2D eigenvalue weighted by Crippen LogP contribution is 2.31. The molecule has 0 fully saturated rings. The molecule has 0 spiro atoms. The van der Waals surface area contributed by atoms with Crippen LogP contribution in [-0.2, 0) is 13.5 Å². The van der Waals surface area contributed by atoms with Gasteiger partial charge in [-0.15, -0.1) is 0 Å². The molecule has 2 N–H and O–H groups in total. The fourth-order valence-electron chi connectivity index (χ4n) is 2.59. The summed E-state index contributed by atoms with van der Waals surface area (Å²) in [5.41, 5.74) is 1.82. The first-order valence-corrected chi connectivity index (χ1v) is 6.67. The van der Waals surface area contributed by atoms with Gasteiger partial charge in [-0.25, -0.2) is 4.68 Å². The quantitative estimate of drug-likeness (QED) is 0.823. The minimum absolute atomic E-state index is 0.147. The normalized spacial score (nSPS) is 20.1. The predicted octanol–water partition coefficient (Wildman–Crippen LogP) is 0.168. The molecule has 2 aromatic rings. The van der Waals surface area contributed by atoms with Crippen molar-refractivity contribution in [3.63, 3.8) is 0 Å². The van der Waals surface area contributed by atoms with Crippen LogP contribution in [0.25, 0.3) is 0 Å². The summed E-state index contributed by atoms with van der Waals surface area (Å²) in [6.45, 7) is 0. The number of aromatic nitrogens is 2. The minimum atomic E-state index is -0.654. The van der Waals surface area contributed by atoms with Gasteiger partial charge >= 0.3 is 0 Å². The van der Waals surface area contributed by atoms with Gasteiger partial charge in [0.1, 0.15) is 5.69 Å². The van der Waals surface area contributed by atoms with Crippen molar-refractivity contribution in [2.24, 2.45) is 7.05 Å². The van der Waals surface area contributed by atoms with Crippen LogP contribution in [0.2, 0.25) is 0 Å². The first-order chi connectivity index (χ1) is 10.1. The minimum Gasteiger partial charge on any atom is -0.390 e. The lowest BCUT2D eigenvalue weighted by Crippen LogP contribution is -2.35. The third-order valence-corrected chi connectivity index (χ3v) is 3.68. The third kappa shape index (κ3) is 2.45. The van der Waals surface area contributed by atoms with Gasteiger partial charge in [-0.05, 0) is 17.2 Å². The number of carbonyl (C=O) groups is 1. The fourth-order valence-corrected chi connectivity index (χ4v) is 2.59. The van der Waals surface area contributed by atoms with E-state index in [-0.39, 0.29) is 11.3 Å². The van der Waals surface area contributed by atoms with Crippen LogP contribution in [0.15, 0.2) is 41.2 Å². The Hall–Kier alpha value is -2.47. The summed E-state index contributed by atoms with van der Waals surface area (Å²) >= 11 is 0. The van der Waals surface area contributed by atoms with E-state index >= 15 is 0 Å². The van der Waals surface area contributed by atoms with E-state index in [2.05, 4.69) is 10.4 Å². The average molecular weight is 285 g/mol. The van der Waals surface area contributed by atoms with Crippen molar-refractivity contribution < 1.29 is 9.90 Å². The Morgan fingerprint density at radius 1 is 1.33 bits per heavy atom. The number of carbonyl (C=O) groups excluding carboxylic acids is 1. The highest BCUT2D eigenvalue weighted by Gasteiger charge is 2.32. The highest BCUT2D eigenvalue weighted by atomic mass is 16.3. The fraction of sp³-hybridized carbons (Fsp3) is 0.267. The Bertz CT molecular complexity index is 754. The SMILES string of the molecule is Cn1nc(C(=O)N[C@H]2c3ccccc3C[C@H]2O)ccc1=O. The molecule has 6 heteroatoms. The van der Waals surface area contributed by atoms with Crippen molar-refractivity contribution in [1.29, 1.82) is 0 Å². The Balaban J connectivity index is 1.85. The molecule has 1 aliphatic carbocycles. The number of aliphatic hydroxyl groups is 1. The zero-order valence-corrected chi connectivity index (χ0v) is 11.5. The number of hydrogen-bond donors (Lipinski definition) is 2. The largest absolute Gasteiger partial charge is 0.390 e. The maximum Gasteiger partial charge on any atom is 0.272 e. The molecule has 0 aliphatic heterocycles. The van der Waals surface area contributed by atoms with E-state index in [4.69, 9.17) is 0 Å². The lowest BCUT2D eigenvalue weighted by molar-refractivity contribution is 0.0851. The molecular weight excluding hydrogens is 270 g/mol. The molecule has 6 nitrogen and oxygen atoms in total. The summed E-state index contributed by atoms with van der Waals surface area (Å²) < 4.78 is 1.11. The van der Waals surface area contributed by atoms with E-state index in [9.17, 15) is 14.7 Å². The van der Waals surface area contributed by atoms with E-state index in [0.29, 0.717) is 6.42 Å². The second-order valence-corrected chi connectivity index (χ2v) is 5.10. The number of amides is 1. The topological polar surface area (TPSA) is 84.2 Å². The number of aliphatic hydroxyl groups excluding tert-OH is 1. The van der Waals surface area contributed by atoms with Crippen molar-refractivity contribution in [3.8, 4) is 0 Å². The van der Waals surface area contributed by atoms with E-state index in [1.165, 1.54) is 19.2 Å². The number of hydrogen-bond acceptors (Lipinski definition) is 4. The van der Waals surface area contributed by atoms with Crippen LogP contribution in [0.5, 0.6) is 0 Å². The monoisotopic (exact) mass is 285 g/mol. The van der Waals surface area contributed by atoms with Gasteiger partial charge in [0, 0.05) is 19.5 Å². The van der Waals surface area contributed by atoms with Gasteiger partial charge < -0.3 is 10.4 Å². The smallest absolute Gasteiger partial charge is 0.272 e. The summed E-state index contributed by atoms with van der Waals surface area (Å²) in [4.78, 5) is 23.5. The van der Waals surface area contributed by atoms with Crippen LogP contribution in [0.3, 0.4) is 0 Å². The first-order valence-electron chi connectivity index (χ1n) is 6.67. The standard InChI is InChI=1S/C15H15N3O3/c1-18-13(20)7-6-11(17-18)15(21)16-14-10-5-3-2-4-9(10)8-12(14)19/h2-7,12,14,19H,8H2,1H3,(H,16,21)/t12-,14+/m1/s1. The average Bonchev–Trinajstić information content (AvgIpc) is 2.78. The molecule has 0 bridgehead atoms. The van der Waals surface area contributed by atoms with Gasteiger partial charge in [0.05, 0.1) is 12.1 Å². The molecule has 0 saturated carbocycles. The van der Waals surface area contributed by atoms with Crippen LogP contribution in [-0.4, -0.2) is 26.9 Å². The van der Waals surface area contributed by atoms with Gasteiger partial charge in [0.25, 0.3) is 11.5 Å². The molecule has 108 valence electrons. The lowest BCUT2D eigenvalue weighted by Gasteiger charge is -2.17. The van der Waals surface area contributed by atoms with E-state index in [1.54, 1.807) is 0 Å². The van der Waals surface area contributed by atoms with Crippen LogP contribution in [0, 0.1) is 0 Å². The van der Waals surface area contributed by atoms with Gasteiger partial charge in [-0.3, -0.25) is 9.59 Å². The molecule has 21 heavy (non-hydrogen) atoms. The summed E-state index contributed by atoms with van der Waals surface area (Å²) in [5.74, 6) is -0.411. The summed E-state index contributed by atoms with van der Waals surface area (Å²) in [7, 11) is 1.48. The second kappa shape index (κ2) is 5.14. The Morgan fingerprint density at radius 2 is 2.10 bits per heavy atom. The van der Waals surface area contributed by atoms with E-state index in [0.717, 1.165) is 15.8 Å². The molecule has 0 unspecified atom stereocenters. The molecule has 2 atom stereocenters. The number of benzene rings is 1. The highest BCUT2D eigenvalue weighted by molar-refractivity contribution is 5.92. The first kappa shape index (κ1) is 13.5. The predicted molar refractivity (Wildman–Crippen MR) is 75.8 cm³/mol. The van der Waals surface area contributed by atoms with Gasteiger partial charge in [0.2, 0.25) is 0 Å². The molecular formula is C15H15N3O3. The molecule has 1 aliphatic rings. The van der Waals surface area contributed by atoms with Gasteiger partial charge in [-0.1, -0.05) is 24.3 Å². The molecule has 0 saturated heterocycles. The lowest BCUT2D eigenvalue weighted by atomic mass is 10.1. The van der Waals surface area contributed by atoms with Crippen molar-refractivity contribution in [2.45, 2.75) is 18.6 Å². The summed E-state index contributed by atoms with van der Waals surface area (Å²) in [5, 5.41) is 16.8. The van der Waals surface area contributed by atoms with Crippen LogP contribution in [0.1, 0.15) is 27.7 Å². The number of fused-ring (bicyclic) bond motifs is 1. The zero-order chi connectivity index (χ0) is 15.0. The van der Waals surface area contributed by atoms with Crippen molar-refractivity contribution in [3.05, 3.63) is 63.6 Å². The number of aryl methyl sites for hydroxylation is 1. The number of rotatable bonds is 2. The second-order valence-electron chi connectivity index (χ2n) is 5.10. The van der Waals surface area contributed by atoms with Gasteiger partial charge in [-0.2, -0.15) is 5.10 Å². The summed E-state index contributed by atoms with van der Waals surface area (Å²) in [6.07, 6.45) is -0.138. The zero-order valence-electron chi connectivity index (χ0n) is 11.5. The molecule has 1 aromatic heterocycles. The maximum atomic E-state index is 12.2. The van der Waals surface area contributed by atoms with Crippen LogP contribution >= 0.6 is 0 Å². The Kier molecular flexibility index (Phi) is 3.31. The summed E-state index contributed by atoms with van der Waals surface area (Å²) in [6, 6.07) is 9.84. The van der Waals surface area contributed by atoms with Crippen LogP contribution < -0.4 is 10.9 Å². The van der Waals surface area contributed by atoms with E-state index in [1.807, 2.05) is 24.3 Å². The van der Waals surface area contributed by atoms with Crippen molar-refractivity contribution >= 4 is 5.91 Å². The van der Waals surface area contributed by atoms with Crippen molar-refractivity contribution in [1.82, 2.24) is 15.1 Å². The number of nitrogens with one attached hydrogen (secondary N) is 1. The molecule has 0 radical (unpaired) electrons. The number of nitrogens with zero attached hydrogens (tertiary/aromatic N) is 2. The van der Waals surface area contributed by atoms with Gasteiger partial charge in [0.15, 0.2) is 0 Å². The molecule has 3 rings (SSSR count). The molecule has 1 aromatic carbocycles. The molecule has 1 amide bonds. The Labute approximate surface area is 121 Å². The van der Waals surface area contributed by atoms with E-state index < -0.39 is 18.1 Å². The Morgan fingerprint density at radius 3 is 2.86 bits per heavy atom. The van der Waals surface area contributed by atoms with Crippen LogP contribution in [0.4, 0.5) is 0 Å². The molecule has 1 heterocycles. The third-order valence-electron chi connectivity index (χ3n) is 3.68. The maximum absolute atomic E-state index is 12.2. The van der Waals surface area contributed by atoms with Crippen molar-refractivity contribution in [2.75, 3.05) is 0 Å².